The lowest BCUT2D eigenvalue weighted by Gasteiger charge is -2.18. The van der Waals surface area contributed by atoms with Crippen LogP contribution in [0.4, 0.5) is 0 Å². The number of esters is 3. The van der Waals surface area contributed by atoms with E-state index in [1.54, 1.807) is 0 Å². The van der Waals surface area contributed by atoms with E-state index in [0.717, 1.165) is 77.0 Å². The Hall–Kier alpha value is -3.15. The van der Waals surface area contributed by atoms with Crippen LogP contribution in [0.2, 0.25) is 0 Å². The molecule has 0 N–H and O–H groups in total. The lowest BCUT2D eigenvalue weighted by atomic mass is 10.0. The lowest BCUT2D eigenvalue weighted by molar-refractivity contribution is -0.167. The summed E-state index contributed by atoms with van der Waals surface area (Å²) in [6.45, 7) is 6.48. The number of rotatable bonds is 50. The van der Waals surface area contributed by atoms with Crippen molar-refractivity contribution in [1.82, 2.24) is 0 Å². The number of carbonyl (C=O) groups is 3. The average molecular weight is 921 g/mol. The fourth-order valence-electron chi connectivity index (χ4n) is 7.77. The zero-order chi connectivity index (χ0) is 47.9. The minimum Gasteiger partial charge on any atom is -0.462 e. The predicted molar refractivity (Wildman–Crippen MR) is 284 cm³/mol. The molecule has 380 valence electrons. The first-order chi connectivity index (χ1) is 32.5. The molecule has 0 aromatic heterocycles. The summed E-state index contributed by atoms with van der Waals surface area (Å²) >= 11 is 0. The van der Waals surface area contributed by atoms with Crippen LogP contribution in [-0.2, 0) is 28.6 Å². The van der Waals surface area contributed by atoms with Gasteiger partial charge in [-0.1, -0.05) is 241 Å². The van der Waals surface area contributed by atoms with Crippen LogP contribution in [0.15, 0.2) is 72.9 Å². The van der Waals surface area contributed by atoms with Crippen molar-refractivity contribution in [3.8, 4) is 0 Å². The van der Waals surface area contributed by atoms with E-state index in [9.17, 15) is 14.4 Å². The molecule has 0 aliphatic carbocycles. The Morgan fingerprint density at radius 2 is 0.606 bits per heavy atom. The minimum atomic E-state index is -0.796. The van der Waals surface area contributed by atoms with E-state index < -0.39 is 6.10 Å². The van der Waals surface area contributed by atoms with E-state index in [0.29, 0.717) is 19.3 Å². The van der Waals surface area contributed by atoms with E-state index in [1.165, 1.54) is 148 Å². The molecule has 66 heavy (non-hydrogen) atoms. The highest BCUT2D eigenvalue weighted by Crippen LogP contribution is 2.15. The maximum absolute atomic E-state index is 12.8. The number of unbranched alkanes of at least 4 members (excludes halogenated alkanes) is 27. The molecule has 0 heterocycles. The second-order valence-electron chi connectivity index (χ2n) is 18.5. The first kappa shape index (κ1) is 62.8. The topological polar surface area (TPSA) is 78.9 Å². The van der Waals surface area contributed by atoms with Crippen LogP contribution in [0.3, 0.4) is 0 Å². The Kier molecular flexibility index (Phi) is 51.9. The maximum Gasteiger partial charge on any atom is 0.306 e. The number of allylic oxidation sites excluding steroid dienone is 12. The SMILES string of the molecule is CC/C=C\C/C=C\C/C=C\C/C=C\C/C=C\CCCC(=O)OC[C@H](COC(=O)CCCCCCCCCCC/C=C\CCCCCCCC)OC(=O)CCCCCCCCCCCCCC. The van der Waals surface area contributed by atoms with Crippen LogP contribution in [0.5, 0.6) is 0 Å². The van der Waals surface area contributed by atoms with Crippen LogP contribution < -0.4 is 0 Å². The van der Waals surface area contributed by atoms with Crippen molar-refractivity contribution in [1.29, 1.82) is 0 Å². The fraction of sp³-hybridized carbons (Fsp3) is 0.750. The van der Waals surface area contributed by atoms with Gasteiger partial charge in [0.1, 0.15) is 13.2 Å². The number of ether oxygens (including phenoxy) is 3. The van der Waals surface area contributed by atoms with E-state index in [4.69, 9.17) is 14.2 Å². The van der Waals surface area contributed by atoms with Crippen molar-refractivity contribution in [3.05, 3.63) is 72.9 Å². The van der Waals surface area contributed by atoms with Gasteiger partial charge in [-0.2, -0.15) is 0 Å². The van der Waals surface area contributed by atoms with Crippen LogP contribution in [0.1, 0.15) is 271 Å². The standard InChI is InChI=1S/C60H104O6/c1-4-7-10-13-16-19-22-25-27-29-30-32-34-36-39-41-44-47-50-53-59(62)65-56-57(66-60(63)54-51-48-45-42-37-24-21-18-15-12-9-6-3)55-64-58(61)52-49-46-43-40-38-35-33-31-28-26-23-20-17-14-11-8-5-2/h8,11,17,20,25-28,33,35,40,43,57H,4-7,9-10,12-16,18-19,21-24,29-32,34,36-39,41-42,44-56H2,1-3H3/b11-8-,20-17-,27-25-,28-26-,35-33-,43-40-/t57-/m1/s1. The normalized spacial score (nSPS) is 12.6. The molecule has 0 amide bonds. The largest absolute Gasteiger partial charge is 0.462 e. The van der Waals surface area contributed by atoms with E-state index >= 15 is 0 Å². The molecule has 6 heteroatoms. The van der Waals surface area contributed by atoms with E-state index in [-0.39, 0.29) is 37.5 Å². The molecular formula is C60H104O6. The zero-order valence-electron chi connectivity index (χ0n) is 43.4. The summed E-state index contributed by atoms with van der Waals surface area (Å²) in [4.78, 5) is 38.1. The third kappa shape index (κ3) is 51.8. The summed E-state index contributed by atoms with van der Waals surface area (Å²) in [5.74, 6) is -0.948. The second kappa shape index (κ2) is 54.5. The molecular weight excluding hydrogens is 817 g/mol. The van der Waals surface area contributed by atoms with Gasteiger partial charge in [0.15, 0.2) is 6.10 Å². The molecule has 0 saturated heterocycles. The Morgan fingerprint density at radius 3 is 1.00 bits per heavy atom. The maximum atomic E-state index is 12.8. The molecule has 0 radical (unpaired) electrons. The van der Waals surface area contributed by atoms with Crippen molar-refractivity contribution in [2.24, 2.45) is 0 Å². The summed E-state index contributed by atoms with van der Waals surface area (Å²) < 4.78 is 16.8. The van der Waals surface area contributed by atoms with Crippen molar-refractivity contribution < 1.29 is 28.6 Å². The second-order valence-corrected chi connectivity index (χ2v) is 18.5. The van der Waals surface area contributed by atoms with Gasteiger partial charge in [-0.25, -0.2) is 0 Å². The molecule has 0 spiro atoms. The van der Waals surface area contributed by atoms with Crippen molar-refractivity contribution in [3.63, 3.8) is 0 Å². The molecule has 0 unspecified atom stereocenters. The molecule has 0 fully saturated rings. The molecule has 0 aliphatic heterocycles. The molecule has 0 aliphatic rings. The number of hydrogen-bond donors (Lipinski definition) is 0. The number of hydrogen-bond acceptors (Lipinski definition) is 6. The van der Waals surface area contributed by atoms with Crippen LogP contribution in [-0.4, -0.2) is 37.2 Å². The number of carbonyl (C=O) groups excluding carboxylic acids is 3. The summed E-state index contributed by atoms with van der Waals surface area (Å²) in [5, 5.41) is 0. The Morgan fingerprint density at radius 1 is 0.318 bits per heavy atom. The zero-order valence-corrected chi connectivity index (χ0v) is 43.4. The van der Waals surface area contributed by atoms with Gasteiger partial charge in [0, 0.05) is 19.3 Å². The van der Waals surface area contributed by atoms with Crippen molar-refractivity contribution >= 4 is 17.9 Å². The Bertz CT molecular complexity index is 1240. The van der Waals surface area contributed by atoms with Gasteiger partial charge >= 0.3 is 17.9 Å². The highest BCUT2D eigenvalue weighted by atomic mass is 16.6. The highest BCUT2D eigenvalue weighted by molar-refractivity contribution is 5.71. The monoisotopic (exact) mass is 921 g/mol. The first-order valence-electron chi connectivity index (χ1n) is 27.9. The highest BCUT2D eigenvalue weighted by Gasteiger charge is 2.19. The Balaban J connectivity index is 4.40. The summed E-state index contributed by atoms with van der Waals surface area (Å²) in [6.07, 6.45) is 69.0. The first-order valence-corrected chi connectivity index (χ1v) is 27.9. The van der Waals surface area contributed by atoms with Gasteiger partial charge in [-0.15, -0.1) is 0 Å². The summed E-state index contributed by atoms with van der Waals surface area (Å²) in [6, 6.07) is 0. The van der Waals surface area contributed by atoms with Gasteiger partial charge in [0.05, 0.1) is 0 Å². The van der Waals surface area contributed by atoms with E-state index in [1.807, 2.05) is 0 Å². The van der Waals surface area contributed by atoms with Gasteiger partial charge in [-0.05, 0) is 83.5 Å². The van der Waals surface area contributed by atoms with Crippen LogP contribution in [0, 0.1) is 0 Å². The van der Waals surface area contributed by atoms with Crippen LogP contribution >= 0.6 is 0 Å². The lowest BCUT2D eigenvalue weighted by Crippen LogP contribution is -2.30. The Labute approximate surface area is 408 Å². The molecule has 6 nitrogen and oxygen atoms in total. The van der Waals surface area contributed by atoms with Crippen molar-refractivity contribution in [2.45, 2.75) is 277 Å². The van der Waals surface area contributed by atoms with Crippen LogP contribution in [0.25, 0.3) is 0 Å². The molecule has 0 aromatic carbocycles. The molecule has 0 bridgehead atoms. The average Bonchev–Trinajstić information content (AvgIpc) is 3.31. The third-order valence-electron chi connectivity index (χ3n) is 11.9. The smallest absolute Gasteiger partial charge is 0.306 e. The van der Waals surface area contributed by atoms with Crippen molar-refractivity contribution in [2.75, 3.05) is 13.2 Å². The third-order valence-corrected chi connectivity index (χ3v) is 11.9. The predicted octanol–water partition coefficient (Wildman–Crippen LogP) is 18.6. The molecule has 1 atom stereocenters. The summed E-state index contributed by atoms with van der Waals surface area (Å²) in [7, 11) is 0. The van der Waals surface area contributed by atoms with Gasteiger partial charge in [0.25, 0.3) is 0 Å². The summed E-state index contributed by atoms with van der Waals surface area (Å²) in [5.41, 5.74) is 0. The van der Waals surface area contributed by atoms with Gasteiger partial charge < -0.3 is 14.2 Å². The van der Waals surface area contributed by atoms with E-state index in [2.05, 4.69) is 93.7 Å². The quantitative estimate of drug-likeness (QED) is 0.0262. The van der Waals surface area contributed by atoms with Gasteiger partial charge in [0.2, 0.25) is 0 Å². The van der Waals surface area contributed by atoms with Gasteiger partial charge in [-0.3, -0.25) is 14.4 Å². The fourth-order valence-corrected chi connectivity index (χ4v) is 7.77. The molecule has 0 rings (SSSR count). The molecule has 0 aromatic rings. The minimum absolute atomic E-state index is 0.0920. The molecule has 0 saturated carbocycles.